The number of sulfonamides is 1. The maximum Gasteiger partial charge on any atom is 0.322 e. The monoisotopic (exact) mass is 293 g/mol. The van der Waals surface area contributed by atoms with Crippen LogP contribution in [0.1, 0.15) is 26.2 Å². The van der Waals surface area contributed by atoms with Gasteiger partial charge in [0.2, 0.25) is 10.0 Å². The van der Waals surface area contributed by atoms with Crippen molar-refractivity contribution >= 4 is 22.0 Å². The van der Waals surface area contributed by atoms with Gasteiger partial charge in [0.15, 0.2) is 5.75 Å². The van der Waals surface area contributed by atoms with Gasteiger partial charge in [-0.1, -0.05) is 6.42 Å². The van der Waals surface area contributed by atoms with Crippen LogP contribution in [0.2, 0.25) is 0 Å². The molecule has 0 saturated heterocycles. The van der Waals surface area contributed by atoms with E-state index < -0.39 is 33.6 Å². The summed E-state index contributed by atoms with van der Waals surface area (Å²) in [5.41, 5.74) is 0. The highest BCUT2D eigenvalue weighted by Gasteiger charge is 2.33. The van der Waals surface area contributed by atoms with Crippen molar-refractivity contribution in [1.29, 1.82) is 0 Å². The molecule has 110 valence electrons. The molecule has 0 aromatic carbocycles. The second-order valence-electron chi connectivity index (χ2n) is 4.55. The molecular weight excluding hydrogens is 274 g/mol. The van der Waals surface area contributed by atoms with Crippen molar-refractivity contribution in [2.75, 3.05) is 18.9 Å². The van der Waals surface area contributed by atoms with Crippen molar-refractivity contribution in [3.63, 3.8) is 0 Å². The zero-order valence-electron chi connectivity index (χ0n) is 10.8. The zero-order valence-corrected chi connectivity index (χ0v) is 11.6. The smallest absolute Gasteiger partial charge is 0.322 e. The molecule has 0 amide bonds. The van der Waals surface area contributed by atoms with Gasteiger partial charge >= 0.3 is 11.9 Å². The SMILES string of the molecule is CCOC(=O)CS(=O)(=O)NCC1CCCC1C(=O)O. The number of carbonyl (C=O) groups is 2. The van der Waals surface area contributed by atoms with Gasteiger partial charge < -0.3 is 9.84 Å². The van der Waals surface area contributed by atoms with Crippen LogP contribution >= 0.6 is 0 Å². The van der Waals surface area contributed by atoms with Gasteiger partial charge in [-0.05, 0) is 25.7 Å². The highest BCUT2D eigenvalue weighted by Crippen LogP contribution is 2.31. The lowest BCUT2D eigenvalue weighted by molar-refractivity contribution is -0.143. The predicted octanol–water partition coefficient (Wildman–Crippen LogP) is -0.0302. The Balaban J connectivity index is 2.46. The van der Waals surface area contributed by atoms with Crippen LogP contribution in [0.4, 0.5) is 0 Å². The van der Waals surface area contributed by atoms with Crippen molar-refractivity contribution in [2.24, 2.45) is 11.8 Å². The minimum absolute atomic E-state index is 0.0543. The van der Waals surface area contributed by atoms with Gasteiger partial charge in [-0.3, -0.25) is 9.59 Å². The quantitative estimate of drug-likeness (QED) is 0.638. The van der Waals surface area contributed by atoms with Crippen molar-refractivity contribution < 1.29 is 27.9 Å². The fraction of sp³-hybridized carbons (Fsp3) is 0.818. The molecule has 0 aromatic rings. The van der Waals surface area contributed by atoms with Crippen LogP contribution in [0.5, 0.6) is 0 Å². The van der Waals surface area contributed by atoms with E-state index in [1.54, 1.807) is 6.92 Å². The van der Waals surface area contributed by atoms with Gasteiger partial charge in [-0.25, -0.2) is 13.1 Å². The van der Waals surface area contributed by atoms with Crippen LogP contribution in [-0.4, -0.2) is 44.4 Å². The van der Waals surface area contributed by atoms with Gasteiger partial charge in [0.05, 0.1) is 12.5 Å². The third kappa shape index (κ3) is 5.15. The molecule has 2 unspecified atom stereocenters. The summed E-state index contributed by atoms with van der Waals surface area (Å²) in [4.78, 5) is 22.0. The van der Waals surface area contributed by atoms with E-state index in [1.165, 1.54) is 0 Å². The molecule has 0 aromatic heterocycles. The molecule has 2 N–H and O–H groups in total. The van der Waals surface area contributed by atoms with Gasteiger partial charge in [0.25, 0.3) is 0 Å². The highest BCUT2D eigenvalue weighted by molar-refractivity contribution is 7.90. The Morgan fingerprint density at radius 1 is 1.37 bits per heavy atom. The summed E-state index contributed by atoms with van der Waals surface area (Å²) < 4.78 is 30.0. The number of carbonyl (C=O) groups excluding carboxylic acids is 1. The third-order valence-corrected chi connectivity index (χ3v) is 4.38. The van der Waals surface area contributed by atoms with Crippen LogP contribution in [0.25, 0.3) is 0 Å². The predicted molar refractivity (Wildman–Crippen MR) is 66.9 cm³/mol. The van der Waals surface area contributed by atoms with E-state index >= 15 is 0 Å². The van der Waals surface area contributed by atoms with Crippen LogP contribution < -0.4 is 4.72 Å². The number of nitrogens with one attached hydrogen (secondary N) is 1. The number of carboxylic acids is 1. The third-order valence-electron chi connectivity index (χ3n) is 3.15. The summed E-state index contributed by atoms with van der Waals surface area (Å²) in [6, 6.07) is 0. The molecule has 0 spiro atoms. The second-order valence-corrected chi connectivity index (χ2v) is 6.36. The lowest BCUT2D eigenvalue weighted by atomic mass is 9.97. The van der Waals surface area contributed by atoms with Crippen LogP contribution in [0, 0.1) is 11.8 Å². The van der Waals surface area contributed by atoms with Gasteiger partial charge in [-0.15, -0.1) is 0 Å². The second kappa shape index (κ2) is 6.85. The fourth-order valence-corrected chi connectivity index (χ4v) is 3.21. The Kier molecular flexibility index (Phi) is 5.74. The molecule has 0 aliphatic heterocycles. The van der Waals surface area contributed by atoms with Gasteiger partial charge in [0, 0.05) is 6.54 Å². The number of hydrogen-bond acceptors (Lipinski definition) is 5. The molecule has 2 atom stereocenters. The first-order valence-electron chi connectivity index (χ1n) is 6.21. The summed E-state index contributed by atoms with van der Waals surface area (Å²) >= 11 is 0. The first-order valence-corrected chi connectivity index (χ1v) is 7.86. The number of hydrogen-bond donors (Lipinski definition) is 2. The van der Waals surface area contributed by atoms with E-state index in [1.807, 2.05) is 0 Å². The molecule has 1 aliphatic carbocycles. The summed E-state index contributed by atoms with van der Waals surface area (Å²) in [5.74, 6) is -3.16. The topological polar surface area (TPSA) is 110 Å². The summed E-state index contributed by atoms with van der Waals surface area (Å²) in [6.07, 6.45) is 2.03. The fourth-order valence-electron chi connectivity index (χ4n) is 2.25. The Morgan fingerprint density at radius 2 is 2.05 bits per heavy atom. The number of carboxylic acid groups (broad SMARTS) is 1. The van der Waals surface area contributed by atoms with E-state index in [0.29, 0.717) is 12.8 Å². The van der Waals surface area contributed by atoms with Crippen LogP contribution in [-0.2, 0) is 24.3 Å². The average Bonchev–Trinajstić information content (AvgIpc) is 2.74. The molecule has 1 saturated carbocycles. The van der Waals surface area contributed by atoms with E-state index in [-0.39, 0.29) is 19.1 Å². The molecular formula is C11H19NO6S. The van der Waals surface area contributed by atoms with Crippen molar-refractivity contribution in [3.05, 3.63) is 0 Å². The normalized spacial score (nSPS) is 23.2. The lowest BCUT2D eigenvalue weighted by Gasteiger charge is -2.16. The minimum atomic E-state index is -3.76. The molecule has 8 heteroatoms. The standard InChI is InChI=1S/C11H19NO6S/c1-2-18-10(13)7-19(16,17)12-6-8-4-3-5-9(8)11(14)15/h8-9,12H,2-7H2,1H3,(H,14,15). The molecule has 1 rings (SSSR count). The largest absolute Gasteiger partial charge is 0.481 e. The molecule has 19 heavy (non-hydrogen) atoms. The van der Waals surface area contributed by atoms with E-state index in [9.17, 15) is 18.0 Å². The molecule has 0 heterocycles. The van der Waals surface area contributed by atoms with Crippen LogP contribution in [0.15, 0.2) is 0 Å². The van der Waals surface area contributed by atoms with E-state index in [2.05, 4.69) is 9.46 Å². The number of aliphatic carboxylic acids is 1. The van der Waals surface area contributed by atoms with Crippen molar-refractivity contribution in [2.45, 2.75) is 26.2 Å². The molecule has 1 aliphatic rings. The van der Waals surface area contributed by atoms with Crippen LogP contribution in [0.3, 0.4) is 0 Å². The maximum absolute atomic E-state index is 11.6. The zero-order chi connectivity index (χ0) is 14.5. The average molecular weight is 293 g/mol. The highest BCUT2D eigenvalue weighted by atomic mass is 32.2. The van der Waals surface area contributed by atoms with E-state index in [4.69, 9.17) is 5.11 Å². The lowest BCUT2D eigenvalue weighted by Crippen LogP contribution is -2.36. The maximum atomic E-state index is 11.6. The van der Waals surface area contributed by atoms with E-state index in [0.717, 1.165) is 6.42 Å². The molecule has 7 nitrogen and oxygen atoms in total. The molecule has 0 bridgehead atoms. The Morgan fingerprint density at radius 3 is 2.63 bits per heavy atom. The van der Waals surface area contributed by atoms with Crippen molar-refractivity contribution in [1.82, 2.24) is 4.72 Å². The summed E-state index contributed by atoms with van der Waals surface area (Å²) in [7, 11) is -3.76. The number of esters is 1. The summed E-state index contributed by atoms with van der Waals surface area (Å²) in [5, 5.41) is 8.98. The molecule has 1 fully saturated rings. The van der Waals surface area contributed by atoms with Crippen molar-refractivity contribution in [3.8, 4) is 0 Å². The van der Waals surface area contributed by atoms with Gasteiger partial charge in [-0.2, -0.15) is 0 Å². The first kappa shape index (κ1) is 15.9. The summed E-state index contributed by atoms with van der Waals surface area (Å²) in [6.45, 7) is 1.77. The molecule has 0 radical (unpaired) electrons. The number of rotatable bonds is 7. The first-order chi connectivity index (χ1) is 8.85. The Bertz CT molecular complexity index is 432. The van der Waals surface area contributed by atoms with Gasteiger partial charge in [0.1, 0.15) is 0 Å². The number of ether oxygens (including phenoxy) is 1. The Labute approximate surface area is 112 Å². The Hall–Kier alpha value is -1.15. The minimum Gasteiger partial charge on any atom is -0.481 e.